The van der Waals surface area contributed by atoms with E-state index in [-0.39, 0.29) is 5.79 Å². The minimum atomic E-state index is -0.203. The van der Waals surface area contributed by atoms with Crippen molar-refractivity contribution in [3.05, 3.63) is 30.3 Å². The molecule has 0 radical (unpaired) electrons. The topological polar surface area (TPSA) is 33.7 Å². The maximum atomic E-state index is 5.83. The molecule has 4 nitrogen and oxygen atoms in total. The second kappa shape index (κ2) is 7.42. The quantitative estimate of drug-likeness (QED) is 0.899. The Morgan fingerprint density at radius 3 is 2.54 bits per heavy atom. The summed E-state index contributed by atoms with van der Waals surface area (Å²) in [7, 11) is 0. The molecule has 0 unspecified atom stereocenters. The van der Waals surface area contributed by atoms with Crippen molar-refractivity contribution in [1.29, 1.82) is 0 Å². The van der Waals surface area contributed by atoms with Gasteiger partial charge in [0.05, 0.1) is 13.2 Å². The number of hydrogen-bond acceptors (Lipinski definition) is 4. The summed E-state index contributed by atoms with van der Waals surface area (Å²) in [5, 5.41) is 3.79. The van der Waals surface area contributed by atoms with Gasteiger partial charge in [0.2, 0.25) is 0 Å². The Balaban J connectivity index is 1.15. The van der Waals surface area contributed by atoms with Crippen LogP contribution in [0.3, 0.4) is 0 Å². The lowest BCUT2D eigenvalue weighted by molar-refractivity contribution is -0.182. The van der Waals surface area contributed by atoms with E-state index in [1.54, 1.807) is 0 Å². The van der Waals surface area contributed by atoms with Crippen molar-refractivity contribution >= 4 is 5.69 Å². The Morgan fingerprint density at radius 2 is 1.79 bits per heavy atom. The summed E-state index contributed by atoms with van der Waals surface area (Å²) in [6.07, 6.45) is 7.22. The van der Waals surface area contributed by atoms with E-state index in [9.17, 15) is 0 Å². The molecule has 2 aliphatic heterocycles. The van der Waals surface area contributed by atoms with Gasteiger partial charge in [-0.3, -0.25) is 0 Å². The van der Waals surface area contributed by atoms with Gasteiger partial charge in [-0.2, -0.15) is 0 Å². The Hall–Kier alpha value is -1.10. The molecule has 4 rings (SSSR count). The second-order valence-corrected chi connectivity index (χ2v) is 7.56. The first-order valence-corrected chi connectivity index (χ1v) is 9.64. The molecule has 1 N–H and O–H groups in total. The number of rotatable bonds is 5. The molecule has 0 aromatic heterocycles. The molecule has 1 saturated carbocycles. The Bertz CT molecular complexity index is 506. The number of nitrogens with zero attached hydrogens (tertiary/aromatic N) is 1. The molecule has 1 aromatic rings. The van der Waals surface area contributed by atoms with Crippen LogP contribution in [0.25, 0.3) is 0 Å². The number of anilines is 1. The summed E-state index contributed by atoms with van der Waals surface area (Å²) in [6, 6.07) is 11.4. The monoisotopic (exact) mass is 330 g/mol. The first-order chi connectivity index (χ1) is 11.8. The molecule has 0 amide bonds. The summed E-state index contributed by atoms with van der Waals surface area (Å²) < 4.78 is 11.7. The predicted molar refractivity (Wildman–Crippen MR) is 96.3 cm³/mol. The standard InChI is InChI=1S/C20H30N2O2/c1-2-4-19(5-3-1)22-13-9-18(16-22)21-12-8-17-6-10-20(11-7-17)23-14-15-24-20/h1-5,17-18,21H,6-16H2/t18-/m0/s1. The van der Waals surface area contributed by atoms with E-state index in [1.165, 1.54) is 37.9 Å². The number of hydrogen-bond donors (Lipinski definition) is 1. The van der Waals surface area contributed by atoms with Gasteiger partial charge in [0.1, 0.15) is 0 Å². The van der Waals surface area contributed by atoms with Crippen LogP contribution in [0.4, 0.5) is 5.69 Å². The van der Waals surface area contributed by atoms with Gasteiger partial charge in [-0.1, -0.05) is 18.2 Å². The average Bonchev–Trinajstić information content (AvgIpc) is 3.28. The number of benzene rings is 1. The highest BCUT2D eigenvalue weighted by atomic mass is 16.7. The third kappa shape index (κ3) is 3.76. The SMILES string of the molecule is c1ccc(N2CC[C@H](NCCC3CCC4(CC3)OCCO4)C2)cc1. The molecule has 1 aliphatic carbocycles. The van der Waals surface area contributed by atoms with Gasteiger partial charge in [0, 0.05) is 37.7 Å². The van der Waals surface area contributed by atoms with Gasteiger partial charge >= 0.3 is 0 Å². The van der Waals surface area contributed by atoms with E-state index in [0.29, 0.717) is 6.04 Å². The molecule has 24 heavy (non-hydrogen) atoms. The van der Waals surface area contributed by atoms with Crippen LogP contribution in [0, 0.1) is 5.92 Å². The molecule has 2 saturated heterocycles. The van der Waals surface area contributed by atoms with E-state index in [0.717, 1.165) is 45.1 Å². The fraction of sp³-hybridized carbons (Fsp3) is 0.700. The van der Waals surface area contributed by atoms with Crippen LogP contribution in [0.2, 0.25) is 0 Å². The minimum Gasteiger partial charge on any atom is -0.370 e. The highest BCUT2D eigenvalue weighted by Crippen LogP contribution is 2.39. The smallest absolute Gasteiger partial charge is 0.168 e. The Labute approximate surface area is 145 Å². The van der Waals surface area contributed by atoms with E-state index >= 15 is 0 Å². The maximum Gasteiger partial charge on any atom is 0.168 e. The van der Waals surface area contributed by atoms with Crippen molar-refractivity contribution in [2.24, 2.45) is 5.92 Å². The van der Waals surface area contributed by atoms with Crippen molar-refractivity contribution in [2.75, 3.05) is 37.7 Å². The van der Waals surface area contributed by atoms with Crippen molar-refractivity contribution in [3.8, 4) is 0 Å². The van der Waals surface area contributed by atoms with Crippen molar-refractivity contribution < 1.29 is 9.47 Å². The first-order valence-electron chi connectivity index (χ1n) is 9.64. The zero-order valence-corrected chi connectivity index (χ0v) is 14.6. The van der Waals surface area contributed by atoms with Crippen LogP contribution >= 0.6 is 0 Å². The molecule has 1 aromatic carbocycles. The zero-order valence-electron chi connectivity index (χ0n) is 14.6. The molecule has 4 heteroatoms. The van der Waals surface area contributed by atoms with Gasteiger partial charge in [0.25, 0.3) is 0 Å². The molecular weight excluding hydrogens is 300 g/mol. The van der Waals surface area contributed by atoms with E-state index in [2.05, 4.69) is 40.5 Å². The van der Waals surface area contributed by atoms with Gasteiger partial charge in [-0.15, -0.1) is 0 Å². The Morgan fingerprint density at radius 1 is 1.04 bits per heavy atom. The van der Waals surface area contributed by atoms with Crippen LogP contribution in [-0.4, -0.2) is 44.7 Å². The number of nitrogens with one attached hydrogen (secondary N) is 1. The summed E-state index contributed by atoms with van der Waals surface area (Å²) in [5.74, 6) is 0.633. The zero-order chi connectivity index (χ0) is 16.2. The highest BCUT2D eigenvalue weighted by Gasteiger charge is 2.40. The third-order valence-corrected chi connectivity index (χ3v) is 5.98. The second-order valence-electron chi connectivity index (χ2n) is 7.56. The lowest BCUT2D eigenvalue weighted by Crippen LogP contribution is -2.37. The van der Waals surface area contributed by atoms with E-state index in [4.69, 9.17) is 9.47 Å². The predicted octanol–water partition coefficient (Wildman–Crippen LogP) is 3.18. The first kappa shape index (κ1) is 16.4. The number of para-hydroxylation sites is 1. The van der Waals surface area contributed by atoms with Crippen LogP contribution < -0.4 is 10.2 Å². The molecule has 3 aliphatic rings. The van der Waals surface area contributed by atoms with E-state index in [1.807, 2.05) is 0 Å². The van der Waals surface area contributed by atoms with Crippen LogP contribution in [0.1, 0.15) is 38.5 Å². The lowest BCUT2D eigenvalue weighted by Gasteiger charge is -2.35. The van der Waals surface area contributed by atoms with Crippen LogP contribution in [0.5, 0.6) is 0 Å². The average molecular weight is 330 g/mol. The maximum absolute atomic E-state index is 5.83. The normalized spacial score (nSPS) is 27.2. The summed E-state index contributed by atoms with van der Waals surface area (Å²) >= 11 is 0. The summed E-state index contributed by atoms with van der Waals surface area (Å²) in [6.45, 7) is 5.02. The van der Waals surface area contributed by atoms with Crippen molar-refractivity contribution in [1.82, 2.24) is 5.32 Å². The molecule has 0 bridgehead atoms. The largest absolute Gasteiger partial charge is 0.370 e. The fourth-order valence-corrected chi connectivity index (χ4v) is 4.48. The number of ether oxygens (including phenoxy) is 2. The summed E-state index contributed by atoms with van der Waals surface area (Å²) in [5.41, 5.74) is 1.36. The summed E-state index contributed by atoms with van der Waals surface area (Å²) in [4.78, 5) is 2.50. The van der Waals surface area contributed by atoms with Gasteiger partial charge in [-0.25, -0.2) is 0 Å². The van der Waals surface area contributed by atoms with Gasteiger partial charge in [0.15, 0.2) is 5.79 Å². The molecule has 1 spiro atoms. The Kier molecular flexibility index (Phi) is 5.06. The van der Waals surface area contributed by atoms with Crippen molar-refractivity contribution in [2.45, 2.75) is 50.4 Å². The molecule has 2 heterocycles. The van der Waals surface area contributed by atoms with Crippen LogP contribution in [-0.2, 0) is 9.47 Å². The van der Waals surface area contributed by atoms with Gasteiger partial charge in [-0.05, 0) is 50.3 Å². The van der Waals surface area contributed by atoms with E-state index < -0.39 is 0 Å². The van der Waals surface area contributed by atoms with Crippen LogP contribution in [0.15, 0.2) is 30.3 Å². The van der Waals surface area contributed by atoms with Crippen molar-refractivity contribution in [3.63, 3.8) is 0 Å². The highest BCUT2D eigenvalue weighted by molar-refractivity contribution is 5.47. The minimum absolute atomic E-state index is 0.203. The fourth-order valence-electron chi connectivity index (χ4n) is 4.48. The lowest BCUT2D eigenvalue weighted by atomic mass is 9.83. The molecule has 3 fully saturated rings. The molecule has 1 atom stereocenters. The van der Waals surface area contributed by atoms with Gasteiger partial charge < -0.3 is 19.7 Å². The third-order valence-electron chi connectivity index (χ3n) is 5.98. The molecular formula is C20H30N2O2. The molecule has 132 valence electrons.